The number of carbonyl (C=O) groups is 3. The molecule has 5 rings (SSSR count). The molecule has 3 N–H and O–H groups in total. The molecule has 2 aliphatic heterocycles. The van der Waals surface area contributed by atoms with Crippen LogP contribution in [0, 0.1) is 35.0 Å². The number of hydrogen-bond acceptors (Lipinski definition) is 7. The molecule has 5 fully saturated rings. The minimum absolute atomic E-state index is 0.0472. The van der Waals surface area contributed by atoms with Gasteiger partial charge >= 0.3 is 12.2 Å². The van der Waals surface area contributed by atoms with Gasteiger partial charge in [-0.15, -0.1) is 0 Å². The monoisotopic (exact) mass is 615 g/mol. The van der Waals surface area contributed by atoms with Crippen LogP contribution in [0.1, 0.15) is 111 Å². The number of ether oxygens (including phenoxy) is 2. The van der Waals surface area contributed by atoms with E-state index in [2.05, 4.69) is 15.5 Å². The number of amides is 3. The summed E-state index contributed by atoms with van der Waals surface area (Å²) in [7, 11) is 0. The van der Waals surface area contributed by atoms with E-state index in [9.17, 15) is 14.4 Å². The number of piperidine rings is 1. The SMILES string of the molecule is CCOC(=O)N1CCC(NC(=O)C2CC3CCC(C(=N)NC(=O)OC(C)(C)C)CC3N2CC2CCCC3CCCCC32)CC1. The summed E-state index contributed by atoms with van der Waals surface area (Å²) in [5.74, 6) is 2.96. The quantitative estimate of drug-likeness (QED) is 0.261. The van der Waals surface area contributed by atoms with E-state index in [1.54, 1.807) is 4.90 Å². The van der Waals surface area contributed by atoms with Crippen LogP contribution < -0.4 is 10.6 Å². The lowest BCUT2D eigenvalue weighted by molar-refractivity contribution is -0.127. The highest BCUT2D eigenvalue weighted by Gasteiger charge is 2.49. The van der Waals surface area contributed by atoms with E-state index in [0.717, 1.165) is 56.9 Å². The van der Waals surface area contributed by atoms with E-state index < -0.39 is 11.7 Å². The molecule has 0 spiro atoms. The molecule has 3 amide bonds. The minimum Gasteiger partial charge on any atom is -0.450 e. The molecule has 248 valence electrons. The van der Waals surface area contributed by atoms with Crippen LogP contribution in [0.15, 0.2) is 0 Å². The zero-order valence-corrected chi connectivity index (χ0v) is 27.6. The number of hydrogen-bond donors (Lipinski definition) is 3. The molecule has 10 heteroatoms. The van der Waals surface area contributed by atoms with Gasteiger partial charge in [0.15, 0.2) is 0 Å². The van der Waals surface area contributed by atoms with Gasteiger partial charge in [-0.2, -0.15) is 0 Å². The van der Waals surface area contributed by atoms with E-state index in [0.29, 0.717) is 31.5 Å². The van der Waals surface area contributed by atoms with Crippen LogP contribution in [0.5, 0.6) is 0 Å². The standard InChI is InChI=1S/C34H57N5O5/c1-5-43-33(42)38-17-15-26(16-18-38)36-31(40)29-19-23-13-14-24(30(35)37-32(41)44-34(2,3)4)20-28(23)39(29)21-25-11-8-10-22-9-6-7-12-27(22)25/h22-29H,5-21H2,1-4H3,(H,36,40)(H2,35,37,41). The fraction of sp³-hybridized carbons (Fsp3) is 0.882. The predicted molar refractivity (Wildman–Crippen MR) is 169 cm³/mol. The Bertz CT molecular complexity index is 1040. The lowest BCUT2D eigenvalue weighted by atomic mass is 9.65. The van der Waals surface area contributed by atoms with E-state index in [1.165, 1.54) is 44.9 Å². The number of nitrogens with zero attached hydrogens (tertiary/aromatic N) is 2. The highest BCUT2D eigenvalue weighted by atomic mass is 16.6. The summed E-state index contributed by atoms with van der Waals surface area (Å²) in [5.41, 5.74) is -0.614. The van der Waals surface area contributed by atoms with Crippen LogP contribution in [0.4, 0.5) is 9.59 Å². The van der Waals surface area contributed by atoms with Crippen LogP contribution in [-0.4, -0.2) is 83.7 Å². The lowest BCUT2D eigenvalue weighted by Crippen LogP contribution is -2.54. The fourth-order valence-corrected chi connectivity index (χ4v) is 9.13. The first-order chi connectivity index (χ1) is 21.0. The maximum atomic E-state index is 14.0. The van der Waals surface area contributed by atoms with Crippen molar-refractivity contribution in [3.8, 4) is 0 Å². The van der Waals surface area contributed by atoms with Gasteiger partial charge in [0.2, 0.25) is 5.91 Å². The van der Waals surface area contributed by atoms with Gasteiger partial charge in [0.05, 0.1) is 12.6 Å². The molecule has 0 aromatic rings. The smallest absolute Gasteiger partial charge is 0.413 e. The average molecular weight is 616 g/mol. The number of carbonyl (C=O) groups excluding carboxylic acids is 3. The molecule has 10 nitrogen and oxygen atoms in total. The Morgan fingerprint density at radius 2 is 1.61 bits per heavy atom. The predicted octanol–water partition coefficient (Wildman–Crippen LogP) is 5.69. The Kier molecular flexibility index (Phi) is 10.8. The summed E-state index contributed by atoms with van der Waals surface area (Å²) in [6.45, 7) is 9.83. The van der Waals surface area contributed by atoms with Crippen LogP contribution in [0.2, 0.25) is 0 Å². The van der Waals surface area contributed by atoms with Crippen molar-refractivity contribution in [2.45, 2.75) is 135 Å². The van der Waals surface area contributed by atoms with Gasteiger partial charge in [-0.05, 0) is 103 Å². The second-order valence-electron chi connectivity index (χ2n) is 15.2. The number of nitrogens with one attached hydrogen (secondary N) is 3. The first-order valence-corrected chi connectivity index (χ1v) is 17.6. The molecule has 0 aromatic heterocycles. The van der Waals surface area contributed by atoms with Crippen molar-refractivity contribution in [2.24, 2.45) is 29.6 Å². The lowest BCUT2D eigenvalue weighted by Gasteiger charge is -2.45. The highest BCUT2D eigenvalue weighted by molar-refractivity contribution is 5.95. The number of rotatable bonds is 6. The van der Waals surface area contributed by atoms with Crippen molar-refractivity contribution in [1.29, 1.82) is 5.41 Å². The van der Waals surface area contributed by atoms with E-state index in [1.807, 2.05) is 27.7 Å². The van der Waals surface area contributed by atoms with Gasteiger partial charge in [0, 0.05) is 37.6 Å². The fourth-order valence-electron chi connectivity index (χ4n) is 9.13. The summed E-state index contributed by atoms with van der Waals surface area (Å²) in [6.07, 6.45) is 13.4. The molecule has 3 saturated carbocycles. The average Bonchev–Trinajstić information content (AvgIpc) is 3.34. The van der Waals surface area contributed by atoms with Gasteiger partial charge in [-0.1, -0.05) is 32.1 Å². The normalized spacial score (nSPS) is 33.1. The van der Waals surface area contributed by atoms with Crippen LogP contribution in [-0.2, 0) is 14.3 Å². The molecular weight excluding hydrogens is 558 g/mol. The molecule has 0 radical (unpaired) electrons. The van der Waals surface area contributed by atoms with Gasteiger partial charge in [-0.25, -0.2) is 9.59 Å². The number of alkyl carbamates (subject to hydrolysis) is 1. The first kappa shape index (κ1) is 33.0. The van der Waals surface area contributed by atoms with Gasteiger partial charge in [0.25, 0.3) is 0 Å². The van der Waals surface area contributed by atoms with Crippen molar-refractivity contribution in [2.75, 3.05) is 26.2 Å². The van der Waals surface area contributed by atoms with Crippen LogP contribution >= 0.6 is 0 Å². The van der Waals surface area contributed by atoms with Crippen molar-refractivity contribution in [3.05, 3.63) is 0 Å². The molecule has 2 heterocycles. The number of amidine groups is 1. The minimum atomic E-state index is -0.614. The number of fused-ring (bicyclic) bond motifs is 2. The first-order valence-electron chi connectivity index (χ1n) is 17.6. The van der Waals surface area contributed by atoms with Crippen molar-refractivity contribution in [3.63, 3.8) is 0 Å². The Hall–Kier alpha value is -2.36. The molecule has 44 heavy (non-hydrogen) atoms. The van der Waals surface area contributed by atoms with Crippen LogP contribution in [0.25, 0.3) is 0 Å². The van der Waals surface area contributed by atoms with E-state index in [4.69, 9.17) is 14.9 Å². The van der Waals surface area contributed by atoms with E-state index in [-0.39, 0.29) is 41.9 Å². The molecular formula is C34H57N5O5. The zero-order valence-electron chi connectivity index (χ0n) is 27.6. The van der Waals surface area contributed by atoms with Crippen LogP contribution in [0.3, 0.4) is 0 Å². The molecule has 7 atom stereocenters. The second kappa shape index (κ2) is 14.4. The summed E-state index contributed by atoms with van der Waals surface area (Å²) in [6, 6.07) is 0.137. The van der Waals surface area contributed by atoms with Crippen molar-refractivity contribution in [1.82, 2.24) is 20.4 Å². The van der Waals surface area contributed by atoms with Gasteiger partial charge < -0.3 is 19.7 Å². The maximum Gasteiger partial charge on any atom is 0.413 e. The topological polar surface area (TPSA) is 124 Å². The molecule has 5 aliphatic rings. The van der Waals surface area contributed by atoms with Crippen molar-refractivity contribution < 1.29 is 23.9 Å². The van der Waals surface area contributed by atoms with E-state index >= 15 is 0 Å². The zero-order chi connectivity index (χ0) is 31.4. The Morgan fingerprint density at radius 3 is 2.34 bits per heavy atom. The summed E-state index contributed by atoms with van der Waals surface area (Å²) < 4.78 is 10.6. The Balaban J connectivity index is 1.26. The molecule has 7 unspecified atom stereocenters. The third-order valence-electron chi connectivity index (χ3n) is 11.2. The second-order valence-corrected chi connectivity index (χ2v) is 15.2. The summed E-state index contributed by atoms with van der Waals surface area (Å²) in [4.78, 5) is 42.9. The maximum absolute atomic E-state index is 14.0. The molecule has 3 aliphatic carbocycles. The Labute approximate surface area is 264 Å². The third-order valence-corrected chi connectivity index (χ3v) is 11.2. The van der Waals surface area contributed by atoms with Crippen molar-refractivity contribution >= 4 is 23.9 Å². The molecule has 0 aromatic carbocycles. The largest absolute Gasteiger partial charge is 0.450 e. The highest BCUT2D eigenvalue weighted by Crippen LogP contribution is 2.47. The Morgan fingerprint density at radius 1 is 0.886 bits per heavy atom. The summed E-state index contributed by atoms with van der Waals surface area (Å²) in [5, 5.41) is 14.8. The molecule has 2 saturated heterocycles. The number of likely N-dealkylation sites (tertiary alicyclic amines) is 2. The van der Waals surface area contributed by atoms with Gasteiger partial charge in [-0.3, -0.25) is 20.4 Å². The van der Waals surface area contributed by atoms with Gasteiger partial charge in [0.1, 0.15) is 11.4 Å². The third kappa shape index (κ3) is 8.07. The molecule has 0 bridgehead atoms. The summed E-state index contributed by atoms with van der Waals surface area (Å²) >= 11 is 0.